The van der Waals surface area contributed by atoms with Crippen molar-refractivity contribution in [3.05, 3.63) is 63.1 Å². The fourth-order valence-corrected chi connectivity index (χ4v) is 2.19. The van der Waals surface area contributed by atoms with Crippen LogP contribution in [0.2, 0.25) is 0 Å². The van der Waals surface area contributed by atoms with Crippen molar-refractivity contribution in [2.75, 3.05) is 5.32 Å². The van der Waals surface area contributed by atoms with Gasteiger partial charge in [-0.1, -0.05) is 17.7 Å². The molecule has 0 saturated carbocycles. The van der Waals surface area contributed by atoms with E-state index in [2.05, 4.69) is 21.2 Å². The average molecular weight is 340 g/mol. The molecule has 0 aliphatic heterocycles. The smallest absolute Gasteiger partial charge is 0.256 e. The highest BCUT2D eigenvalue weighted by molar-refractivity contribution is 9.10. The Morgan fingerprint density at radius 2 is 1.80 bits per heavy atom. The maximum absolute atomic E-state index is 13.7. The third-order valence-electron chi connectivity index (χ3n) is 2.88. The summed E-state index contributed by atoms with van der Waals surface area (Å²) in [7, 11) is 0. The van der Waals surface area contributed by atoms with Crippen LogP contribution in [0.3, 0.4) is 0 Å². The molecule has 0 spiro atoms. The predicted molar refractivity (Wildman–Crippen MR) is 77.9 cm³/mol. The molecule has 20 heavy (non-hydrogen) atoms. The van der Waals surface area contributed by atoms with Crippen LogP contribution in [0, 0.1) is 25.5 Å². The molecule has 1 N–H and O–H groups in total. The van der Waals surface area contributed by atoms with Crippen molar-refractivity contribution >= 4 is 27.5 Å². The third-order valence-corrected chi connectivity index (χ3v) is 3.49. The number of hydrogen-bond donors (Lipinski definition) is 1. The van der Waals surface area contributed by atoms with E-state index in [-0.39, 0.29) is 10.2 Å². The first kappa shape index (κ1) is 14.7. The Balaban J connectivity index is 2.30. The number of aryl methyl sites for hydroxylation is 2. The maximum Gasteiger partial charge on any atom is 0.256 e. The highest BCUT2D eigenvalue weighted by Gasteiger charge is 2.14. The summed E-state index contributed by atoms with van der Waals surface area (Å²) in [6.07, 6.45) is 0. The SMILES string of the molecule is Cc1ccc(C(=O)Nc2cc(F)c(Br)cc2F)c(C)c1. The largest absolute Gasteiger partial charge is 0.319 e. The lowest BCUT2D eigenvalue weighted by Gasteiger charge is -2.10. The minimum absolute atomic E-state index is 0.0134. The lowest BCUT2D eigenvalue weighted by Crippen LogP contribution is -2.14. The molecule has 2 nitrogen and oxygen atoms in total. The van der Waals surface area contributed by atoms with Crippen LogP contribution in [-0.2, 0) is 0 Å². The minimum Gasteiger partial charge on any atom is -0.319 e. The summed E-state index contributed by atoms with van der Waals surface area (Å²) < 4.78 is 27.1. The summed E-state index contributed by atoms with van der Waals surface area (Å²) in [5, 5.41) is 2.38. The Morgan fingerprint density at radius 1 is 1.10 bits per heavy atom. The molecule has 0 aromatic heterocycles. The second kappa shape index (κ2) is 5.71. The van der Waals surface area contributed by atoms with Crippen molar-refractivity contribution in [1.82, 2.24) is 0 Å². The highest BCUT2D eigenvalue weighted by atomic mass is 79.9. The molecule has 0 aliphatic rings. The van der Waals surface area contributed by atoms with Gasteiger partial charge in [0.1, 0.15) is 11.6 Å². The highest BCUT2D eigenvalue weighted by Crippen LogP contribution is 2.24. The summed E-state index contributed by atoms with van der Waals surface area (Å²) in [6, 6.07) is 7.23. The van der Waals surface area contributed by atoms with Gasteiger partial charge < -0.3 is 5.32 Å². The number of carbonyl (C=O) groups excluding carboxylic acids is 1. The molecule has 2 aromatic carbocycles. The Morgan fingerprint density at radius 3 is 2.45 bits per heavy atom. The van der Waals surface area contributed by atoms with Crippen LogP contribution in [0.1, 0.15) is 21.5 Å². The first-order valence-corrected chi connectivity index (χ1v) is 6.71. The lowest BCUT2D eigenvalue weighted by atomic mass is 10.1. The number of halogens is 3. The molecule has 0 bridgehead atoms. The quantitative estimate of drug-likeness (QED) is 0.796. The molecule has 0 radical (unpaired) electrons. The number of benzene rings is 2. The molecular formula is C15H12BrF2NO. The van der Waals surface area contributed by atoms with Gasteiger partial charge in [-0.3, -0.25) is 4.79 Å². The second-order valence-corrected chi connectivity index (χ2v) is 5.37. The number of amides is 1. The monoisotopic (exact) mass is 339 g/mol. The molecule has 1 amide bonds. The van der Waals surface area contributed by atoms with E-state index in [9.17, 15) is 13.6 Å². The number of rotatable bonds is 2. The standard InChI is InChI=1S/C15H12BrF2NO/c1-8-3-4-10(9(2)5-8)15(20)19-14-7-12(17)11(16)6-13(14)18/h3-7H,1-2H3,(H,19,20). The van der Waals surface area contributed by atoms with Gasteiger partial charge in [0.15, 0.2) is 0 Å². The molecule has 0 saturated heterocycles. The normalized spacial score (nSPS) is 10.4. The third kappa shape index (κ3) is 3.04. The van der Waals surface area contributed by atoms with E-state index in [4.69, 9.17) is 0 Å². The summed E-state index contributed by atoms with van der Waals surface area (Å²) in [5.41, 5.74) is 2.05. The average Bonchev–Trinajstić information content (AvgIpc) is 2.35. The van der Waals surface area contributed by atoms with E-state index in [0.29, 0.717) is 5.56 Å². The minimum atomic E-state index is -0.698. The van der Waals surface area contributed by atoms with Crippen LogP contribution < -0.4 is 5.32 Å². The molecule has 0 heterocycles. The molecule has 0 fully saturated rings. The van der Waals surface area contributed by atoms with Gasteiger partial charge in [0.2, 0.25) is 0 Å². The van der Waals surface area contributed by atoms with Gasteiger partial charge in [-0.15, -0.1) is 0 Å². The van der Waals surface area contributed by atoms with Gasteiger partial charge in [0, 0.05) is 11.6 Å². The zero-order valence-electron chi connectivity index (χ0n) is 10.9. The maximum atomic E-state index is 13.7. The number of hydrogen-bond acceptors (Lipinski definition) is 1. The molecule has 0 atom stereocenters. The second-order valence-electron chi connectivity index (χ2n) is 4.52. The van der Waals surface area contributed by atoms with Gasteiger partial charge in [-0.25, -0.2) is 8.78 Å². The molecule has 104 valence electrons. The predicted octanol–water partition coefficient (Wildman–Crippen LogP) is 4.60. The molecule has 0 aliphatic carbocycles. The Hall–Kier alpha value is -1.75. The zero-order valence-corrected chi connectivity index (χ0v) is 12.5. The first-order chi connectivity index (χ1) is 9.38. The van der Waals surface area contributed by atoms with Gasteiger partial charge in [-0.2, -0.15) is 0 Å². The Labute approximate surface area is 123 Å². The van der Waals surface area contributed by atoms with E-state index in [0.717, 1.165) is 23.3 Å². The van der Waals surface area contributed by atoms with Crippen LogP contribution >= 0.6 is 15.9 Å². The van der Waals surface area contributed by atoms with Gasteiger partial charge >= 0.3 is 0 Å². The van der Waals surface area contributed by atoms with Crippen LogP contribution in [0.15, 0.2) is 34.8 Å². The van der Waals surface area contributed by atoms with Crippen molar-refractivity contribution in [3.63, 3.8) is 0 Å². The van der Waals surface area contributed by atoms with E-state index in [1.54, 1.807) is 19.1 Å². The van der Waals surface area contributed by atoms with Gasteiger partial charge in [0.25, 0.3) is 5.91 Å². The van der Waals surface area contributed by atoms with Gasteiger partial charge in [-0.05, 0) is 47.5 Å². The Bertz CT molecular complexity index is 686. The lowest BCUT2D eigenvalue weighted by molar-refractivity contribution is 0.102. The summed E-state index contributed by atoms with van der Waals surface area (Å²) in [5.74, 6) is -1.80. The fraction of sp³-hybridized carbons (Fsp3) is 0.133. The van der Waals surface area contributed by atoms with Gasteiger partial charge in [0.05, 0.1) is 10.2 Å². The van der Waals surface area contributed by atoms with Crippen molar-refractivity contribution in [2.24, 2.45) is 0 Å². The van der Waals surface area contributed by atoms with Crippen molar-refractivity contribution in [2.45, 2.75) is 13.8 Å². The van der Waals surface area contributed by atoms with Crippen LogP contribution in [0.5, 0.6) is 0 Å². The first-order valence-electron chi connectivity index (χ1n) is 5.91. The summed E-state index contributed by atoms with van der Waals surface area (Å²) >= 11 is 2.88. The van der Waals surface area contributed by atoms with Crippen molar-refractivity contribution in [1.29, 1.82) is 0 Å². The molecular weight excluding hydrogens is 328 g/mol. The molecule has 2 aromatic rings. The fourth-order valence-electron chi connectivity index (χ4n) is 1.88. The van der Waals surface area contributed by atoms with Crippen molar-refractivity contribution < 1.29 is 13.6 Å². The number of anilines is 1. The van der Waals surface area contributed by atoms with E-state index < -0.39 is 17.5 Å². The number of carbonyl (C=O) groups is 1. The number of nitrogens with one attached hydrogen (secondary N) is 1. The van der Waals surface area contributed by atoms with E-state index in [1.165, 1.54) is 0 Å². The Kier molecular flexibility index (Phi) is 4.18. The van der Waals surface area contributed by atoms with E-state index >= 15 is 0 Å². The molecule has 5 heteroatoms. The summed E-state index contributed by atoms with van der Waals surface area (Å²) in [4.78, 5) is 12.1. The summed E-state index contributed by atoms with van der Waals surface area (Å²) in [6.45, 7) is 3.71. The van der Waals surface area contributed by atoms with Crippen LogP contribution in [0.25, 0.3) is 0 Å². The van der Waals surface area contributed by atoms with Crippen LogP contribution in [0.4, 0.5) is 14.5 Å². The van der Waals surface area contributed by atoms with Crippen LogP contribution in [-0.4, -0.2) is 5.91 Å². The van der Waals surface area contributed by atoms with E-state index in [1.807, 2.05) is 13.0 Å². The van der Waals surface area contributed by atoms with Crippen molar-refractivity contribution in [3.8, 4) is 0 Å². The molecule has 2 rings (SSSR count). The topological polar surface area (TPSA) is 29.1 Å². The zero-order chi connectivity index (χ0) is 14.9. The molecule has 0 unspecified atom stereocenters.